The number of rotatable bonds is 3. The van der Waals surface area contributed by atoms with Gasteiger partial charge in [-0.1, -0.05) is 18.2 Å². The maximum atomic E-state index is 12.9. The summed E-state index contributed by atoms with van der Waals surface area (Å²) in [7, 11) is 0. The lowest BCUT2D eigenvalue weighted by atomic mass is 9.94. The van der Waals surface area contributed by atoms with E-state index in [-0.39, 0.29) is 24.8 Å². The third-order valence-electron chi connectivity index (χ3n) is 4.02. The molecule has 1 aromatic carbocycles. The number of benzene rings is 1. The van der Waals surface area contributed by atoms with Crippen molar-refractivity contribution in [1.82, 2.24) is 10.2 Å². The number of hydrogen-bond donors (Lipinski definition) is 1. The van der Waals surface area contributed by atoms with Crippen LogP contribution in [0.4, 0.5) is 13.2 Å². The normalized spacial score (nSPS) is 17.3. The van der Waals surface area contributed by atoms with Crippen molar-refractivity contribution in [2.24, 2.45) is 0 Å². The number of halogens is 5. The third kappa shape index (κ3) is 5.61. The zero-order valence-corrected chi connectivity index (χ0v) is 14.4. The molecule has 1 N–H and O–H groups in total. The van der Waals surface area contributed by atoms with Crippen LogP contribution in [0.3, 0.4) is 0 Å². The molecule has 0 spiro atoms. The molecule has 0 unspecified atom stereocenters. The van der Waals surface area contributed by atoms with Crippen molar-refractivity contribution < 1.29 is 13.2 Å². The first-order valence-electron chi connectivity index (χ1n) is 6.96. The van der Waals surface area contributed by atoms with Crippen LogP contribution in [0.15, 0.2) is 18.2 Å². The summed E-state index contributed by atoms with van der Waals surface area (Å²) in [6, 6.07) is 5.06. The van der Waals surface area contributed by atoms with E-state index in [1.165, 1.54) is 0 Å². The lowest BCUT2D eigenvalue weighted by Crippen LogP contribution is -2.46. The zero-order chi connectivity index (χ0) is 14.8. The SMILES string of the molecule is Cc1cccc([C@@H](CC(F)(F)F)N2CCNCC2)c1C.Cl.Cl. The second kappa shape index (κ2) is 8.96. The van der Waals surface area contributed by atoms with E-state index >= 15 is 0 Å². The summed E-state index contributed by atoms with van der Waals surface area (Å²) in [5, 5.41) is 3.19. The summed E-state index contributed by atoms with van der Waals surface area (Å²) in [6.07, 6.45) is -4.93. The molecule has 1 heterocycles. The van der Waals surface area contributed by atoms with E-state index in [1.807, 2.05) is 36.9 Å². The standard InChI is InChI=1S/C15H21F3N2.2ClH/c1-11-4-3-5-13(12(11)2)14(10-15(16,17)18)20-8-6-19-7-9-20;;/h3-5,14,19H,6-10H2,1-2H3;2*1H/t14-;;/m1../s1. The van der Waals surface area contributed by atoms with E-state index in [4.69, 9.17) is 0 Å². The highest BCUT2D eigenvalue weighted by Crippen LogP contribution is 2.35. The summed E-state index contributed by atoms with van der Waals surface area (Å²) in [5.74, 6) is 0. The Morgan fingerprint density at radius 2 is 1.73 bits per heavy atom. The Morgan fingerprint density at radius 1 is 1.14 bits per heavy atom. The van der Waals surface area contributed by atoms with Gasteiger partial charge in [-0.25, -0.2) is 0 Å². The van der Waals surface area contributed by atoms with Gasteiger partial charge in [0.15, 0.2) is 0 Å². The highest BCUT2D eigenvalue weighted by atomic mass is 35.5. The van der Waals surface area contributed by atoms with Gasteiger partial charge < -0.3 is 5.32 Å². The van der Waals surface area contributed by atoms with Crippen LogP contribution in [0.25, 0.3) is 0 Å². The molecule has 0 radical (unpaired) electrons. The Bertz CT molecular complexity index is 461. The maximum absolute atomic E-state index is 12.9. The molecule has 1 aliphatic rings. The second-order valence-corrected chi connectivity index (χ2v) is 5.41. The average Bonchev–Trinajstić information content (AvgIpc) is 2.40. The van der Waals surface area contributed by atoms with Crippen LogP contribution >= 0.6 is 24.8 Å². The average molecular weight is 359 g/mol. The summed E-state index contributed by atoms with van der Waals surface area (Å²) in [5.41, 5.74) is 2.83. The highest BCUT2D eigenvalue weighted by Gasteiger charge is 2.36. The third-order valence-corrected chi connectivity index (χ3v) is 4.02. The van der Waals surface area contributed by atoms with Gasteiger partial charge in [-0.2, -0.15) is 13.2 Å². The molecule has 2 nitrogen and oxygen atoms in total. The summed E-state index contributed by atoms with van der Waals surface area (Å²) < 4.78 is 38.8. The molecule has 7 heteroatoms. The molecule has 1 aromatic rings. The van der Waals surface area contributed by atoms with Crippen molar-refractivity contribution in [3.05, 3.63) is 34.9 Å². The van der Waals surface area contributed by atoms with Crippen LogP contribution in [0, 0.1) is 13.8 Å². The molecule has 0 amide bonds. The molecule has 0 aliphatic carbocycles. The minimum absolute atomic E-state index is 0. The Balaban J connectivity index is 0.00000220. The molecule has 2 rings (SSSR count). The van der Waals surface area contributed by atoms with Gasteiger partial charge in [-0.05, 0) is 30.5 Å². The van der Waals surface area contributed by atoms with Crippen molar-refractivity contribution in [2.45, 2.75) is 32.5 Å². The van der Waals surface area contributed by atoms with E-state index in [0.717, 1.165) is 29.8 Å². The first-order valence-corrected chi connectivity index (χ1v) is 6.96. The van der Waals surface area contributed by atoms with Crippen molar-refractivity contribution >= 4 is 24.8 Å². The zero-order valence-electron chi connectivity index (χ0n) is 12.7. The number of nitrogens with one attached hydrogen (secondary N) is 1. The Morgan fingerprint density at radius 3 is 2.27 bits per heavy atom. The van der Waals surface area contributed by atoms with Crippen molar-refractivity contribution in [3.63, 3.8) is 0 Å². The van der Waals surface area contributed by atoms with Crippen LogP contribution in [-0.4, -0.2) is 37.3 Å². The van der Waals surface area contributed by atoms with E-state index in [9.17, 15) is 13.2 Å². The van der Waals surface area contributed by atoms with Crippen LogP contribution in [0.1, 0.15) is 29.2 Å². The summed E-state index contributed by atoms with van der Waals surface area (Å²) in [4.78, 5) is 1.95. The van der Waals surface area contributed by atoms with Crippen molar-refractivity contribution in [2.75, 3.05) is 26.2 Å². The van der Waals surface area contributed by atoms with Crippen molar-refractivity contribution in [3.8, 4) is 0 Å². The summed E-state index contributed by atoms with van der Waals surface area (Å²) in [6.45, 7) is 6.68. The van der Waals surface area contributed by atoms with E-state index in [0.29, 0.717) is 13.1 Å². The fourth-order valence-corrected chi connectivity index (χ4v) is 2.78. The van der Waals surface area contributed by atoms with Gasteiger partial charge in [-0.3, -0.25) is 4.90 Å². The molecule has 1 saturated heterocycles. The van der Waals surface area contributed by atoms with Gasteiger partial charge in [0, 0.05) is 32.2 Å². The van der Waals surface area contributed by atoms with Gasteiger partial charge in [0.1, 0.15) is 0 Å². The molecule has 128 valence electrons. The maximum Gasteiger partial charge on any atom is 0.390 e. The number of aryl methyl sites for hydroxylation is 1. The van der Waals surface area contributed by atoms with Crippen LogP contribution in [0.2, 0.25) is 0 Å². The van der Waals surface area contributed by atoms with E-state index in [2.05, 4.69) is 5.32 Å². The molecule has 0 saturated carbocycles. The van der Waals surface area contributed by atoms with E-state index in [1.54, 1.807) is 0 Å². The predicted molar refractivity (Wildman–Crippen MR) is 88.3 cm³/mol. The molecule has 0 bridgehead atoms. The Kier molecular flexibility index (Phi) is 8.77. The van der Waals surface area contributed by atoms with Crippen LogP contribution in [0.5, 0.6) is 0 Å². The van der Waals surface area contributed by atoms with Gasteiger partial charge in [0.25, 0.3) is 0 Å². The van der Waals surface area contributed by atoms with Crippen LogP contribution < -0.4 is 5.32 Å². The fourth-order valence-electron chi connectivity index (χ4n) is 2.78. The monoisotopic (exact) mass is 358 g/mol. The molecule has 22 heavy (non-hydrogen) atoms. The van der Waals surface area contributed by atoms with Gasteiger partial charge in [-0.15, -0.1) is 24.8 Å². The van der Waals surface area contributed by atoms with Crippen LogP contribution in [-0.2, 0) is 0 Å². The molecule has 1 atom stereocenters. The molecular formula is C15H23Cl2F3N2. The van der Waals surface area contributed by atoms with Gasteiger partial charge >= 0.3 is 6.18 Å². The molecule has 1 aliphatic heterocycles. The number of alkyl halides is 3. The minimum atomic E-state index is -4.15. The molecule has 1 fully saturated rings. The van der Waals surface area contributed by atoms with Gasteiger partial charge in [0.2, 0.25) is 0 Å². The fraction of sp³-hybridized carbons (Fsp3) is 0.600. The number of piperazine rings is 1. The Hall–Kier alpha value is -0.490. The number of hydrogen-bond acceptors (Lipinski definition) is 2. The van der Waals surface area contributed by atoms with Crippen molar-refractivity contribution in [1.29, 1.82) is 0 Å². The van der Waals surface area contributed by atoms with E-state index < -0.39 is 18.6 Å². The molecular weight excluding hydrogens is 336 g/mol. The first-order chi connectivity index (χ1) is 9.38. The topological polar surface area (TPSA) is 15.3 Å². The predicted octanol–water partition coefficient (Wildman–Crippen LogP) is 4.05. The quantitative estimate of drug-likeness (QED) is 0.876. The number of nitrogens with zero attached hydrogens (tertiary/aromatic N) is 1. The smallest absolute Gasteiger partial charge is 0.314 e. The molecule has 0 aromatic heterocycles. The minimum Gasteiger partial charge on any atom is -0.314 e. The second-order valence-electron chi connectivity index (χ2n) is 5.41. The first kappa shape index (κ1) is 21.5. The largest absolute Gasteiger partial charge is 0.390 e. The lowest BCUT2D eigenvalue weighted by Gasteiger charge is -2.36. The highest BCUT2D eigenvalue weighted by molar-refractivity contribution is 5.85. The lowest BCUT2D eigenvalue weighted by molar-refractivity contribution is -0.148. The summed E-state index contributed by atoms with van der Waals surface area (Å²) >= 11 is 0. The van der Waals surface area contributed by atoms with Gasteiger partial charge in [0.05, 0.1) is 6.42 Å². The Labute approximate surface area is 142 Å².